The van der Waals surface area contributed by atoms with E-state index in [0.717, 1.165) is 29.2 Å². The number of halogens is 2. The van der Waals surface area contributed by atoms with E-state index in [1.165, 1.54) is 50.2 Å². The third kappa shape index (κ3) is 6.11. The number of rotatable bonds is 5. The zero-order valence-electron chi connectivity index (χ0n) is 19.3. The molecular formula is C30H30F2O2. The zero-order chi connectivity index (χ0) is 23.9. The van der Waals surface area contributed by atoms with E-state index < -0.39 is 17.6 Å². The molecule has 0 spiro atoms. The van der Waals surface area contributed by atoms with Gasteiger partial charge < -0.3 is 4.74 Å². The van der Waals surface area contributed by atoms with Crippen molar-refractivity contribution in [1.29, 1.82) is 0 Å². The highest BCUT2D eigenvalue weighted by Gasteiger charge is 2.21. The van der Waals surface area contributed by atoms with Gasteiger partial charge in [0.05, 0.1) is 5.56 Å². The van der Waals surface area contributed by atoms with Gasteiger partial charge >= 0.3 is 5.97 Å². The number of hydrogen-bond acceptors (Lipinski definition) is 2. The Morgan fingerprint density at radius 2 is 1.50 bits per heavy atom. The van der Waals surface area contributed by atoms with Crippen LogP contribution in [-0.4, -0.2) is 5.97 Å². The number of ether oxygens (including phenoxy) is 1. The first-order valence-corrected chi connectivity index (χ1v) is 11.9. The summed E-state index contributed by atoms with van der Waals surface area (Å²) in [7, 11) is 0. The molecule has 0 N–H and O–H groups in total. The molecular weight excluding hydrogens is 430 g/mol. The Hall–Kier alpha value is -3.45. The minimum Gasteiger partial charge on any atom is -0.423 e. The normalized spacial score (nSPS) is 17.5. The molecule has 0 bridgehead atoms. The minimum atomic E-state index is -1.07. The summed E-state index contributed by atoms with van der Waals surface area (Å²) >= 11 is 0. The van der Waals surface area contributed by atoms with Crippen LogP contribution < -0.4 is 4.74 Å². The van der Waals surface area contributed by atoms with E-state index in [-0.39, 0.29) is 7.18 Å². The maximum atomic E-state index is 13.3. The van der Waals surface area contributed by atoms with Crippen molar-refractivity contribution < 1.29 is 19.7 Å². The Balaban J connectivity index is 0.00000342. The lowest BCUT2D eigenvalue weighted by Gasteiger charge is -2.28. The summed E-state index contributed by atoms with van der Waals surface area (Å²) < 4.78 is 31.4. The summed E-state index contributed by atoms with van der Waals surface area (Å²) in [6, 6.07) is 18.2. The van der Waals surface area contributed by atoms with Crippen molar-refractivity contribution >= 4 is 5.97 Å². The van der Waals surface area contributed by atoms with E-state index in [0.29, 0.717) is 11.5 Å². The molecule has 4 heteroatoms. The molecule has 0 radical (unpaired) electrons. The monoisotopic (exact) mass is 460 g/mol. The summed E-state index contributed by atoms with van der Waals surface area (Å²) in [5.74, 6) is 5.10. The van der Waals surface area contributed by atoms with Crippen molar-refractivity contribution in [2.75, 3.05) is 0 Å². The van der Waals surface area contributed by atoms with Gasteiger partial charge in [-0.05, 0) is 91.6 Å². The molecule has 0 heterocycles. The van der Waals surface area contributed by atoms with Gasteiger partial charge in [-0.3, -0.25) is 0 Å². The second-order valence-corrected chi connectivity index (χ2v) is 8.92. The molecule has 3 aromatic rings. The SMILES string of the molecule is CCCC1CCC(c2ccc(C#Cc3ccc(C(=O)Oc4ccc(F)c(F)c4)cc3)cc2)CC1.[HH]. The van der Waals surface area contributed by atoms with Gasteiger partial charge in [0.25, 0.3) is 0 Å². The van der Waals surface area contributed by atoms with Crippen LogP contribution in [0.5, 0.6) is 5.75 Å². The van der Waals surface area contributed by atoms with Gasteiger partial charge in [0, 0.05) is 18.6 Å². The average Bonchev–Trinajstić information content (AvgIpc) is 2.86. The van der Waals surface area contributed by atoms with Crippen molar-refractivity contribution in [3.05, 3.63) is 101 Å². The fourth-order valence-electron chi connectivity index (χ4n) is 4.57. The Morgan fingerprint density at radius 3 is 2.09 bits per heavy atom. The predicted molar refractivity (Wildman–Crippen MR) is 132 cm³/mol. The number of carbonyl (C=O) groups excluding carboxylic acids is 1. The molecule has 1 saturated carbocycles. The average molecular weight is 461 g/mol. The highest BCUT2D eigenvalue weighted by Crippen LogP contribution is 2.37. The second kappa shape index (κ2) is 11.1. The highest BCUT2D eigenvalue weighted by molar-refractivity contribution is 5.91. The van der Waals surface area contributed by atoms with Crippen LogP contribution in [-0.2, 0) is 0 Å². The first-order chi connectivity index (χ1) is 16.5. The minimum absolute atomic E-state index is 0. The third-order valence-electron chi connectivity index (χ3n) is 6.50. The zero-order valence-corrected chi connectivity index (χ0v) is 19.3. The summed E-state index contributed by atoms with van der Waals surface area (Å²) in [5.41, 5.74) is 3.42. The van der Waals surface area contributed by atoms with E-state index in [1.807, 2.05) is 0 Å². The van der Waals surface area contributed by atoms with E-state index in [1.54, 1.807) is 24.3 Å². The summed E-state index contributed by atoms with van der Waals surface area (Å²) in [6.07, 6.45) is 7.88. The molecule has 0 amide bonds. The fourth-order valence-corrected chi connectivity index (χ4v) is 4.57. The summed E-state index contributed by atoms with van der Waals surface area (Å²) in [6.45, 7) is 2.27. The molecule has 1 fully saturated rings. The highest BCUT2D eigenvalue weighted by atomic mass is 19.2. The molecule has 0 atom stereocenters. The third-order valence-corrected chi connectivity index (χ3v) is 6.50. The van der Waals surface area contributed by atoms with Crippen molar-refractivity contribution in [3.8, 4) is 17.6 Å². The van der Waals surface area contributed by atoms with Gasteiger partial charge in [-0.15, -0.1) is 0 Å². The van der Waals surface area contributed by atoms with Crippen LogP contribution in [0.15, 0.2) is 66.7 Å². The van der Waals surface area contributed by atoms with Crippen molar-refractivity contribution in [3.63, 3.8) is 0 Å². The lowest BCUT2D eigenvalue weighted by Crippen LogP contribution is -2.13. The van der Waals surface area contributed by atoms with E-state index in [2.05, 4.69) is 43.0 Å². The van der Waals surface area contributed by atoms with E-state index in [4.69, 9.17) is 4.74 Å². The van der Waals surface area contributed by atoms with E-state index in [9.17, 15) is 13.6 Å². The van der Waals surface area contributed by atoms with Crippen LogP contribution in [0, 0.1) is 29.4 Å². The molecule has 2 nitrogen and oxygen atoms in total. The van der Waals surface area contributed by atoms with Crippen LogP contribution in [0.4, 0.5) is 8.78 Å². The molecule has 0 aromatic heterocycles. The van der Waals surface area contributed by atoms with Gasteiger partial charge in [-0.2, -0.15) is 0 Å². The summed E-state index contributed by atoms with van der Waals surface area (Å²) in [4.78, 5) is 12.2. The number of hydrogen-bond donors (Lipinski definition) is 0. The largest absolute Gasteiger partial charge is 0.423 e. The molecule has 176 valence electrons. The van der Waals surface area contributed by atoms with Crippen molar-refractivity contribution in [2.45, 2.75) is 51.4 Å². The van der Waals surface area contributed by atoms with Gasteiger partial charge in [0.1, 0.15) is 5.75 Å². The maximum Gasteiger partial charge on any atom is 0.343 e. The first-order valence-electron chi connectivity index (χ1n) is 11.9. The number of benzene rings is 3. The molecule has 4 rings (SSSR count). The molecule has 0 unspecified atom stereocenters. The number of esters is 1. The van der Waals surface area contributed by atoms with Crippen LogP contribution in [0.3, 0.4) is 0 Å². The van der Waals surface area contributed by atoms with Crippen LogP contribution >= 0.6 is 0 Å². The van der Waals surface area contributed by atoms with Crippen LogP contribution in [0.25, 0.3) is 0 Å². The molecule has 0 aliphatic heterocycles. The topological polar surface area (TPSA) is 26.3 Å². The number of carbonyl (C=O) groups is 1. The molecule has 34 heavy (non-hydrogen) atoms. The summed E-state index contributed by atoms with van der Waals surface area (Å²) in [5, 5.41) is 0. The van der Waals surface area contributed by atoms with Crippen LogP contribution in [0.2, 0.25) is 0 Å². The van der Waals surface area contributed by atoms with Gasteiger partial charge in [-0.25, -0.2) is 13.6 Å². The lowest BCUT2D eigenvalue weighted by atomic mass is 9.77. The Bertz CT molecular complexity index is 1190. The molecule has 3 aromatic carbocycles. The second-order valence-electron chi connectivity index (χ2n) is 8.92. The van der Waals surface area contributed by atoms with Gasteiger partial charge in [-0.1, -0.05) is 43.7 Å². The van der Waals surface area contributed by atoms with Crippen LogP contribution in [0.1, 0.15) is 79.8 Å². The van der Waals surface area contributed by atoms with Crippen molar-refractivity contribution in [2.24, 2.45) is 5.92 Å². The Labute approximate surface area is 201 Å². The maximum absolute atomic E-state index is 13.3. The standard InChI is InChI=1S/C30H28F2O2.H2/c1-2-3-21-6-12-24(13-7-21)25-14-8-22(9-15-25)4-5-23-10-16-26(17-11-23)30(33)34-27-18-19-28(31)29(32)20-27;/h8-11,14-21,24H,2-3,6-7,12-13H2,1H3;1H. The van der Waals surface area contributed by atoms with Gasteiger partial charge in [0.2, 0.25) is 0 Å². The van der Waals surface area contributed by atoms with Gasteiger partial charge in [0.15, 0.2) is 11.6 Å². The molecule has 1 aliphatic carbocycles. The fraction of sp³-hybridized carbons (Fsp3) is 0.300. The Kier molecular flexibility index (Phi) is 7.75. The lowest BCUT2D eigenvalue weighted by molar-refractivity contribution is 0.0734. The molecule has 0 saturated heterocycles. The first kappa shape index (κ1) is 23.7. The molecule has 1 aliphatic rings. The van der Waals surface area contributed by atoms with Crippen molar-refractivity contribution in [1.82, 2.24) is 0 Å². The Morgan fingerprint density at radius 1 is 0.882 bits per heavy atom. The van der Waals surface area contributed by atoms with E-state index >= 15 is 0 Å². The quantitative estimate of drug-likeness (QED) is 0.220. The smallest absolute Gasteiger partial charge is 0.343 e. The predicted octanol–water partition coefficient (Wildman–Crippen LogP) is 7.90.